The summed E-state index contributed by atoms with van der Waals surface area (Å²) in [6.45, 7) is 10.0. The molecule has 2 heterocycles. The van der Waals surface area contributed by atoms with E-state index in [1.54, 1.807) is 11.1 Å². The number of nitrogens with one attached hydrogen (secondary N) is 1. The first-order valence-electron chi connectivity index (χ1n) is 8.91. The molecule has 7 heteroatoms. The van der Waals surface area contributed by atoms with Crippen LogP contribution in [-0.2, 0) is 16.1 Å². The van der Waals surface area contributed by atoms with Crippen LogP contribution in [-0.4, -0.2) is 70.2 Å². The predicted octanol–water partition coefficient (Wildman–Crippen LogP) is 0.888. The number of likely N-dealkylation sites (N-methyl/N-ethyl adjacent to an activating group) is 1. The zero-order valence-corrected chi connectivity index (χ0v) is 15.4. The molecule has 0 bridgehead atoms. The summed E-state index contributed by atoms with van der Waals surface area (Å²) in [6, 6.07) is 1.47. The van der Waals surface area contributed by atoms with Gasteiger partial charge in [-0.1, -0.05) is 11.6 Å². The molecule has 1 atom stereocenters. The Labute approximate surface area is 149 Å². The van der Waals surface area contributed by atoms with E-state index in [1.165, 1.54) is 5.57 Å². The first-order valence-corrected chi connectivity index (χ1v) is 8.91. The van der Waals surface area contributed by atoms with Gasteiger partial charge < -0.3 is 10.2 Å². The maximum atomic E-state index is 12.7. The maximum absolute atomic E-state index is 12.7. The summed E-state index contributed by atoms with van der Waals surface area (Å²) in [4.78, 5) is 28.9. The van der Waals surface area contributed by atoms with Crippen molar-refractivity contribution in [1.82, 2.24) is 24.9 Å². The molecule has 1 fully saturated rings. The lowest BCUT2D eigenvalue weighted by Gasteiger charge is -2.35. The van der Waals surface area contributed by atoms with Crippen LogP contribution in [0.1, 0.15) is 27.2 Å². The zero-order chi connectivity index (χ0) is 18.2. The van der Waals surface area contributed by atoms with Crippen molar-refractivity contribution in [3.63, 3.8) is 0 Å². The van der Waals surface area contributed by atoms with Gasteiger partial charge in [0, 0.05) is 45.1 Å². The minimum atomic E-state index is -0.393. The average molecular weight is 347 g/mol. The summed E-state index contributed by atoms with van der Waals surface area (Å²) in [5, 5.41) is 7.04. The number of nitrogens with zero attached hydrogens (tertiary/aromatic N) is 4. The van der Waals surface area contributed by atoms with Crippen LogP contribution >= 0.6 is 0 Å². The van der Waals surface area contributed by atoms with E-state index in [2.05, 4.69) is 21.4 Å². The molecule has 1 aromatic heterocycles. The molecular weight excluding hydrogens is 318 g/mol. The highest BCUT2D eigenvalue weighted by Crippen LogP contribution is 2.12. The van der Waals surface area contributed by atoms with E-state index in [0.717, 1.165) is 6.54 Å². The Morgan fingerprint density at radius 3 is 2.92 bits per heavy atom. The summed E-state index contributed by atoms with van der Waals surface area (Å²) in [7, 11) is 0. The molecule has 0 aromatic carbocycles. The number of carbonyl (C=O) groups is 2. The van der Waals surface area contributed by atoms with Crippen molar-refractivity contribution in [3.8, 4) is 0 Å². The van der Waals surface area contributed by atoms with Gasteiger partial charge in [-0.3, -0.25) is 19.2 Å². The minimum Gasteiger partial charge on any atom is -0.353 e. The van der Waals surface area contributed by atoms with Crippen molar-refractivity contribution in [3.05, 3.63) is 30.1 Å². The van der Waals surface area contributed by atoms with Crippen LogP contribution in [0.3, 0.4) is 0 Å². The van der Waals surface area contributed by atoms with Crippen LogP contribution in [0.15, 0.2) is 30.1 Å². The Hall–Kier alpha value is -2.15. The third kappa shape index (κ3) is 5.70. The van der Waals surface area contributed by atoms with Gasteiger partial charge in [-0.15, -0.1) is 0 Å². The summed E-state index contributed by atoms with van der Waals surface area (Å²) in [5.74, 6) is -0.0382. The highest BCUT2D eigenvalue weighted by molar-refractivity contribution is 5.88. The average Bonchev–Trinajstić information content (AvgIpc) is 3.09. The van der Waals surface area contributed by atoms with Gasteiger partial charge >= 0.3 is 0 Å². The van der Waals surface area contributed by atoms with Gasteiger partial charge in [0.05, 0.1) is 19.0 Å². The van der Waals surface area contributed by atoms with E-state index in [0.29, 0.717) is 32.7 Å². The van der Waals surface area contributed by atoms with Gasteiger partial charge in [0.25, 0.3) is 0 Å². The van der Waals surface area contributed by atoms with Gasteiger partial charge in [0.15, 0.2) is 0 Å². The molecule has 0 radical (unpaired) electrons. The second-order valence-corrected chi connectivity index (χ2v) is 6.53. The standard InChI is InChI=1S/C18H29N5O2/c1-4-21(12-13-23-9-5-7-20-23)17(24)14-16-18(25)19-8-11-22(16)10-6-15(2)3/h5-7,9,16H,4,8,10-14H2,1-3H3,(H,19,25). The lowest BCUT2D eigenvalue weighted by molar-refractivity contribution is -0.138. The third-order valence-electron chi connectivity index (χ3n) is 4.44. The van der Waals surface area contributed by atoms with Gasteiger partial charge in [-0.25, -0.2) is 0 Å². The highest BCUT2D eigenvalue weighted by atomic mass is 16.2. The quantitative estimate of drug-likeness (QED) is 0.709. The number of amides is 2. The Kier molecular flexibility index (Phi) is 7.18. The molecule has 1 N–H and O–H groups in total. The molecule has 0 spiro atoms. The van der Waals surface area contributed by atoms with Crippen LogP contribution < -0.4 is 5.32 Å². The van der Waals surface area contributed by atoms with E-state index in [9.17, 15) is 9.59 Å². The zero-order valence-electron chi connectivity index (χ0n) is 15.4. The fraction of sp³-hybridized carbons (Fsp3) is 0.611. The molecule has 138 valence electrons. The molecule has 2 rings (SSSR count). The van der Waals surface area contributed by atoms with Gasteiger partial charge in [-0.05, 0) is 26.8 Å². The summed E-state index contributed by atoms with van der Waals surface area (Å²) in [5.41, 5.74) is 1.21. The number of carbonyl (C=O) groups excluding carboxylic acids is 2. The molecule has 1 aliphatic heterocycles. The Morgan fingerprint density at radius 1 is 1.48 bits per heavy atom. The molecule has 1 aromatic rings. The fourth-order valence-corrected chi connectivity index (χ4v) is 2.91. The molecule has 25 heavy (non-hydrogen) atoms. The number of rotatable bonds is 8. The van der Waals surface area contributed by atoms with E-state index >= 15 is 0 Å². The number of allylic oxidation sites excluding steroid dienone is 1. The Bertz CT molecular complexity index is 593. The SMILES string of the molecule is CCN(CCn1cccn1)C(=O)CC1C(=O)NCCN1CC=C(C)C. The lowest BCUT2D eigenvalue weighted by Crippen LogP contribution is -2.56. The van der Waals surface area contributed by atoms with Gasteiger partial charge in [0.2, 0.25) is 11.8 Å². The molecule has 1 saturated heterocycles. The van der Waals surface area contributed by atoms with Crippen LogP contribution in [0.5, 0.6) is 0 Å². The van der Waals surface area contributed by atoms with Crippen LogP contribution in [0, 0.1) is 0 Å². The third-order valence-corrected chi connectivity index (χ3v) is 4.44. The largest absolute Gasteiger partial charge is 0.353 e. The number of piperazine rings is 1. The second kappa shape index (κ2) is 9.36. The van der Waals surface area contributed by atoms with Crippen LogP contribution in [0.2, 0.25) is 0 Å². The monoisotopic (exact) mass is 347 g/mol. The van der Waals surface area contributed by atoms with Crippen LogP contribution in [0.4, 0.5) is 0 Å². The first kappa shape index (κ1) is 19.2. The normalized spacial score (nSPS) is 17.9. The van der Waals surface area contributed by atoms with Crippen molar-refractivity contribution in [2.75, 3.05) is 32.7 Å². The van der Waals surface area contributed by atoms with Crippen molar-refractivity contribution >= 4 is 11.8 Å². The molecule has 0 aliphatic carbocycles. The van der Waals surface area contributed by atoms with Crippen molar-refractivity contribution in [2.45, 2.75) is 39.8 Å². The van der Waals surface area contributed by atoms with Crippen molar-refractivity contribution in [1.29, 1.82) is 0 Å². The van der Waals surface area contributed by atoms with Gasteiger partial charge in [0.1, 0.15) is 0 Å². The topological polar surface area (TPSA) is 70.5 Å². The van der Waals surface area contributed by atoms with E-state index < -0.39 is 6.04 Å². The predicted molar refractivity (Wildman–Crippen MR) is 96.9 cm³/mol. The van der Waals surface area contributed by atoms with E-state index in [-0.39, 0.29) is 18.2 Å². The summed E-state index contributed by atoms with van der Waals surface area (Å²) < 4.78 is 1.81. The number of aromatic nitrogens is 2. The number of hydrogen-bond donors (Lipinski definition) is 1. The van der Waals surface area contributed by atoms with E-state index in [1.807, 2.05) is 37.7 Å². The lowest BCUT2D eigenvalue weighted by atomic mass is 10.1. The molecule has 7 nitrogen and oxygen atoms in total. The van der Waals surface area contributed by atoms with E-state index in [4.69, 9.17) is 0 Å². The minimum absolute atomic E-state index is 0.0129. The maximum Gasteiger partial charge on any atom is 0.237 e. The van der Waals surface area contributed by atoms with Crippen molar-refractivity contribution in [2.24, 2.45) is 0 Å². The smallest absolute Gasteiger partial charge is 0.237 e. The van der Waals surface area contributed by atoms with Crippen LogP contribution in [0.25, 0.3) is 0 Å². The Balaban J connectivity index is 1.95. The fourth-order valence-electron chi connectivity index (χ4n) is 2.91. The first-order chi connectivity index (χ1) is 12.0. The molecular formula is C18H29N5O2. The molecule has 1 aliphatic rings. The summed E-state index contributed by atoms with van der Waals surface area (Å²) in [6.07, 6.45) is 5.93. The Morgan fingerprint density at radius 2 is 2.28 bits per heavy atom. The second-order valence-electron chi connectivity index (χ2n) is 6.53. The van der Waals surface area contributed by atoms with Crippen molar-refractivity contribution < 1.29 is 9.59 Å². The van der Waals surface area contributed by atoms with Gasteiger partial charge in [-0.2, -0.15) is 5.10 Å². The highest BCUT2D eigenvalue weighted by Gasteiger charge is 2.32. The molecule has 1 unspecified atom stereocenters. The molecule has 2 amide bonds. The number of hydrogen-bond acceptors (Lipinski definition) is 4. The molecule has 0 saturated carbocycles. The summed E-state index contributed by atoms with van der Waals surface area (Å²) >= 11 is 0.